The van der Waals surface area contributed by atoms with Crippen molar-refractivity contribution in [2.75, 3.05) is 24.6 Å². The lowest BCUT2D eigenvalue weighted by molar-refractivity contribution is 0.0697. The summed E-state index contributed by atoms with van der Waals surface area (Å²) in [5, 5.41) is 8.89. The molecule has 4 nitrogen and oxygen atoms in total. The molecule has 1 N–H and O–H groups in total. The molecule has 0 aromatic heterocycles. The van der Waals surface area contributed by atoms with Crippen molar-refractivity contribution in [1.29, 1.82) is 0 Å². The van der Waals surface area contributed by atoms with Gasteiger partial charge in [-0.25, -0.2) is 4.79 Å². The Kier molecular flexibility index (Phi) is 4.53. The van der Waals surface area contributed by atoms with E-state index in [4.69, 9.17) is 5.11 Å². The highest BCUT2D eigenvalue weighted by Crippen LogP contribution is 2.21. The van der Waals surface area contributed by atoms with E-state index in [2.05, 4.69) is 20.8 Å². The summed E-state index contributed by atoms with van der Waals surface area (Å²) < 4.78 is 12.1. The van der Waals surface area contributed by atoms with Crippen LogP contribution < -0.4 is 0 Å². The number of carboxylic acids is 1. The summed E-state index contributed by atoms with van der Waals surface area (Å²) in [5.41, 5.74) is 1.35. The lowest BCUT2D eigenvalue weighted by Crippen LogP contribution is -2.37. The van der Waals surface area contributed by atoms with Crippen LogP contribution in [0.25, 0.3) is 0 Å². The van der Waals surface area contributed by atoms with E-state index in [-0.39, 0.29) is 5.56 Å². The van der Waals surface area contributed by atoms with E-state index in [1.807, 2.05) is 6.07 Å². The van der Waals surface area contributed by atoms with Crippen LogP contribution in [0.1, 0.15) is 15.9 Å². The standard InChI is InChI=1S/C12H14BrNO3S/c13-11-7-9(12(15)16)1-2-10(11)8-14-3-5-18(17)6-4-14/h1-2,7H,3-6,8H2,(H,15,16). The highest BCUT2D eigenvalue weighted by atomic mass is 79.9. The van der Waals surface area contributed by atoms with Crippen LogP contribution in [-0.2, 0) is 17.3 Å². The van der Waals surface area contributed by atoms with E-state index in [1.54, 1.807) is 12.1 Å². The van der Waals surface area contributed by atoms with Gasteiger partial charge in [0.05, 0.1) is 5.56 Å². The molecule has 0 saturated carbocycles. The maximum absolute atomic E-state index is 11.3. The first kappa shape index (κ1) is 13.7. The number of hydrogen-bond acceptors (Lipinski definition) is 3. The minimum Gasteiger partial charge on any atom is -0.478 e. The second kappa shape index (κ2) is 5.95. The molecule has 1 aliphatic rings. The van der Waals surface area contributed by atoms with Crippen LogP contribution in [-0.4, -0.2) is 44.8 Å². The van der Waals surface area contributed by atoms with Crippen molar-refractivity contribution in [3.05, 3.63) is 33.8 Å². The van der Waals surface area contributed by atoms with Gasteiger partial charge >= 0.3 is 5.97 Å². The van der Waals surface area contributed by atoms with Crippen molar-refractivity contribution in [3.63, 3.8) is 0 Å². The smallest absolute Gasteiger partial charge is 0.335 e. The third-order valence-electron chi connectivity index (χ3n) is 2.96. The summed E-state index contributed by atoms with van der Waals surface area (Å²) in [7, 11) is -0.665. The summed E-state index contributed by atoms with van der Waals surface area (Å²) in [6, 6.07) is 5.07. The van der Waals surface area contributed by atoms with Crippen molar-refractivity contribution in [1.82, 2.24) is 4.90 Å². The van der Waals surface area contributed by atoms with Crippen LogP contribution in [0.4, 0.5) is 0 Å². The first-order valence-electron chi connectivity index (χ1n) is 5.65. The number of carbonyl (C=O) groups is 1. The maximum atomic E-state index is 11.3. The Balaban J connectivity index is 2.05. The quantitative estimate of drug-likeness (QED) is 0.916. The normalized spacial score (nSPS) is 17.8. The summed E-state index contributed by atoms with van der Waals surface area (Å²) in [4.78, 5) is 13.1. The molecule has 0 bridgehead atoms. The van der Waals surface area contributed by atoms with Crippen LogP contribution in [0.2, 0.25) is 0 Å². The maximum Gasteiger partial charge on any atom is 0.335 e. The summed E-state index contributed by atoms with van der Waals surface area (Å²) in [6.07, 6.45) is 0. The van der Waals surface area contributed by atoms with Gasteiger partial charge in [-0.15, -0.1) is 0 Å². The van der Waals surface area contributed by atoms with E-state index in [0.29, 0.717) is 0 Å². The molecule has 0 radical (unpaired) electrons. The van der Waals surface area contributed by atoms with Crippen LogP contribution in [0, 0.1) is 0 Å². The molecule has 1 saturated heterocycles. The molecule has 6 heteroatoms. The van der Waals surface area contributed by atoms with Crippen molar-refractivity contribution < 1.29 is 14.1 Å². The number of nitrogens with zero attached hydrogens (tertiary/aromatic N) is 1. The van der Waals surface area contributed by atoms with Crippen LogP contribution in [0.15, 0.2) is 22.7 Å². The number of halogens is 1. The zero-order chi connectivity index (χ0) is 13.1. The Hall–Kier alpha value is -0.720. The molecule has 1 fully saturated rings. The Bertz CT molecular complexity index is 482. The largest absolute Gasteiger partial charge is 0.478 e. The van der Waals surface area contributed by atoms with Gasteiger partial charge in [0.1, 0.15) is 0 Å². The van der Waals surface area contributed by atoms with Gasteiger partial charge in [-0.2, -0.15) is 0 Å². The second-order valence-corrected chi connectivity index (χ2v) is 6.79. The first-order chi connectivity index (χ1) is 8.56. The van der Waals surface area contributed by atoms with Crippen molar-refractivity contribution >= 4 is 32.7 Å². The van der Waals surface area contributed by atoms with Gasteiger partial charge < -0.3 is 5.11 Å². The molecular weight excluding hydrogens is 318 g/mol. The fraction of sp³-hybridized carbons (Fsp3) is 0.417. The topological polar surface area (TPSA) is 57.6 Å². The molecule has 0 unspecified atom stereocenters. The number of rotatable bonds is 3. The Labute approximate surface area is 117 Å². The first-order valence-corrected chi connectivity index (χ1v) is 7.93. The molecule has 0 spiro atoms. The zero-order valence-corrected chi connectivity index (χ0v) is 12.2. The van der Waals surface area contributed by atoms with Gasteiger partial charge in [0, 0.05) is 46.4 Å². The van der Waals surface area contributed by atoms with Crippen LogP contribution in [0.3, 0.4) is 0 Å². The number of benzene rings is 1. The van der Waals surface area contributed by atoms with E-state index in [0.717, 1.165) is 41.2 Å². The molecule has 2 rings (SSSR count). The number of hydrogen-bond donors (Lipinski definition) is 1. The zero-order valence-electron chi connectivity index (χ0n) is 9.76. The molecule has 1 aliphatic heterocycles. The molecular formula is C12H14BrNO3S. The molecule has 1 aromatic rings. The summed E-state index contributed by atoms with van der Waals surface area (Å²) >= 11 is 3.40. The van der Waals surface area contributed by atoms with Gasteiger partial charge in [-0.05, 0) is 17.7 Å². The van der Waals surface area contributed by atoms with Crippen molar-refractivity contribution in [2.45, 2.75) is 6.54 Å². The molecule has 1 heterocycles. The van der Waals surface area contributed by atoms with E-state index in [1.165, 1.54) is 0 Å². The molecule has 18 heavy (non-hydrogen) atoms. The highest BCUT2D eigenvalue weighted by Gasteiger charge is 2.16. The van der Waals surface area contributed by atoms with Gasteiger partial charge in [0.2, 0.25) is 0 Å². The monoisotopic (exact) mass is 331 g/mol. The Morgan fingerprint density at radius 3 is 2.61 bits per heavy atom. The Morgan fingerprint density at radius 2 is 2.06 bits per heavy atom. The number of carboxylic acid groups (broad SMARTS) is 1. The lowest BCUT2D eigenvalue weighted by atomic mass is 10.1. The fourth-order valence-electron chi connectivity index (χ4n) is 1.88. The molecule has 98 valence electrons. The third kappa shape index (κ3) is 3.40. The van der Waals surface area contributed by atoms with Crippen LogP contribution >= 0.6 is 15.9 Å². The summed E-state index contributed by atoms with van der Waals surface area (Å²) in [6.45, 7) is 2.43. The average molecular weight is 332 g/mol. The molecule has 0 amide bonds. The minimum absolute atomic E-state index is 0.283. The Morgan fingerprint density at radius 1 is 1.39 bits per heavy atom. The number of aromatic carboxylic acids is 1. The third-order valence-corrected chi connectivity index (χ3v) is 4.98. The van der Waals surface area contributed by atoms with Gasteiger partial charge in [-0.3, -0.25) is 9.11 Å². The van der Waals surface area contributed by atoms with Gasteiger partial charge in [0.15, 0.2) is 0 Å². The fourth-order valence-corrected chi connectivity index (χ4v) is 3.52. The molecule has 0 aliphatic carbocycles. The van der Waals surface area contributed by atoms with Crippen molar-refractivity contribution in [3.8, 4) is 0 Å². The van der Waals surface area contributed by atoms with E-state index in [9.17, 15) is 9.00 Å². The predicted molar refractivity (Wildman–Crippen MR) is 74.3 cm³/mol. The predicted octanol–water partition coefficient (Wildman–Crippen LogP) is 1.71. The van der Waals surface area contributed by atoms with E-state index >= 15 is 0 Å². The summed E-state index contributed by atoms with van der Waals surface area (Å²) in [5.74, 6) is 0.533. The SMILES string of the molecule is O=C(O)c1ccc(CN2CCS(=O)CC2)c(Br)c1. The average Bonchev–Trinajstić information content (AvgIpc) is 2.34. The second-order valence-electron chi connectivity index (χ2n) is 4.24. The van der Waals surface area contributed by atoms with Crippen molar-refractivity contribution in [2.24, 2.45) is 0 Å². The molecule has 0 atom stereocenters. The van der Waals surface area contributed by atoms with Gasteiger partial charge in [-0.1, -0.05) is 22.0 Å². The van der Waals surface area contributed by atoms with Crippen LogP contribution in [0.5, 0.6) is 0 Å². The van der Waals surface area contributed by atoms with E-state index < -0.39 is 16.8 Å². The lowest BCUT2D eigenvalue weighted by Gasteiger charge is -2.26. The minimum atomic E-state index is -0.921. The van der Waals surface area contributed by atoms with Gasteiger partial charge in [0.25, 0.3) is 0 Å². The highest BCUT2D eigenvalue weighted by molar-refractivity contribution is 9.10. The molecule has 1 aromatic carbocycles.